The lowest BCUT2D eigenvalue weighted by molar-refractivity contribution is -0.142. The number of piperidine rings is 1. The van der Waals surface area contributed by atoms with Crippen molar-refractivity contribution in [1.29, 1.82) is 0 Å². The van der Waals surface area contributed by atoms with Crippen LogP contribution in [0, 0.1) is 0 Å². The van der Waals surface area contributed by atoms with Crippen LogP contribution in [0.4, 0.5) is 0 Å². The lowest BCUT2D eigenvalue weighted by Crippen LogP contribution is -2.58. The van der Waals surface area contributed by atoms with E-state index in [1.54, 1.807) is 18.9 Å². The van der Waals surface area contributed by atoms with Crippen molar-refractivity contribution in [2.24, 2.45) is 0 Å². The van der Waals surface area contributed by atoms with E-state index in [-0.39, 0.29) is 41.4 Å². The predicted octanol–water partition coefficient (Wildman–Crippen LogP) is 0.890. The Morgan fingerprint density at radius 3 is 2.55 bits per heavy atom. The Bertz CT molecular complexity index is 828. The molecule has 1 aromatic rings. The highest BCUT2D eigenvalue weighted by atomic mass is 32.2. The number of hydrogen-bond acceptors (Lipinski definition) is 5. The lowest BCUT2D eigenvalue weighted by Gasteiger charge is -2.38. The van der Waals surface area contributed by atoms with Gasteiger partial charge in [-0.15, -0.1) is 0 Å². The first-order chi connectivity index (χ1) is 13.8. The number of likely N-dealkylation sites (N-methyl/N-ethyl adjacent to an activating group) is 1. The number of carbonyl (C=O) groups is 2. The smallest absolute Gasteiger partial charge is 0.245 e. The van der Waals surface area contributed by atoms with E-state index < -0.39 is 15.9 Å². The van der Waals surface area contributed by atoms with Crippen LogP contribution in [0.1, 0.15) is 38.2 Å². The van der Waals surface area contributed by atoms with Gasteiger partial charge in [0, 0.05) is 12.1 Å². The molecule has 2 N–H and O–H groups in total. The van der Waals surface area contributed by atoms with Crippen LogP contribution in [0.3, 0.4) is 0 Å². The van der Waals surface area contributed by atoms with E-state index in [2.05, 4.69) is 10.6 Å². The van der Waals surface area contributed by atoms with Gasteiger partial charge in [-0.2, -0.15) is 0 Å². The van der Waals surface area contributed by atoms with Crippen LogP contribution < -0.4 is 10.6 Å². The van der Waals surface area contributed by atoms with Crippen molar-refractivity contribution in [3.63, 3.8) is 0 Å². The number of nitrogens with one attached hydrogen (secondary N) is 2. The van der Waals surface area contributed by atoms with E-state index in [1.165, 1.54) is 0 Å². The van der Waals surface area contributed by atoms with Gasteiger partial charge in [-0.1, -0.05) is 30.3 Å². The fourth-order valence-corrected chi connectivity index (χ4v) is 5.91. The summed E-state index contributed by atoms with van der Waals surface area (Å²) in [6, 6.07) is 8.41. The minimum atomic E-state index is -3.29. The van der Waals surface area contributed by atoms with Crippen LogP contribution in [-0.4, -0.2) is 67.9 Å². The molecule has 2 saturated heterocycles. The number of nitrogens with zero attached hydrogens (tertiary/aromatic N) is 1. The number of aryl methyl sites for hydroxylation is 1. The molecule has 2 aliphatic rings. The van der Waals surface area contributed by atoms with Gasteiger partial charge in [-0.3, -0.25) is 9.59 Å². The van der Waals surface area contributed by atoms with Gasteiger partial charge in [-0.25, -0.2) is 8.42 Å². The molecule has 160 valence electrons. The summed E-state index contributed by atoms with van der Waals surface area (Å²) in [5.74, 6) is -0.274. The normalized spacial score (nSPS) is 25.5. The number of sulfone groups is 1. The second-order valence-electron chi connectivity index (χ2n) is 8.13. The monoisotopic (exact) mass is 421 g/mol. The lowest BCUT2D eigenvalue weighted by atomic mass is 9.98. The number of benzene rings is 1. The molecule has 7 nitrogen and oxygen atoms in total. The van der Waals surface area contributed by atoms with Crippen LogP contribution in [-0.2, 0) is 25.8 Å². The van der Waals surface area contributed by atoms with Crippen molar-refractivity contribution in [3.8, 4) is 0 Å². The minimum Gasteiger partial charge on any atom is -0.343 e. The van der Waals surface area contributed by atoms with Gasteiger partial charge in [-0.05, 0) is 51.6 Å². The van der Waals surface area contributed by atoms with Crippen molar-refractivity contribution >= 4 is 21.7 Å². The molecular formula is C21H31N3O4S. The molecule has 1 aromatic carbocycles. The molecule has 0 spiro atoms. The quantitative estimate of drug-likeness (QED) is 0.650. The summed E-state index contributed by atoms with van der Waals surface area (Å²) in [5.41, 5.74) is 0.996. The Hall–Kier alpha value is -1.93. The number of amides is 2. The van der Waals surface area contributed by atoms with Gasteiger partial charge in [0.25, 0.3) is 0 Å². The van der Waals surface area contributed by atoms with Crippen molar-refractivity contribution in [1.82, 2.24) is 15.5 Å². The van der Waals surface area contributed by atoms with Gasteiger partial charge >= 0.3 is 0 Å². The van der Waals surface area contributed by atoms with E-state index >= 15 is 0 Å². The van der Waals surface area contributed by atoms with Gasteiger partial charge in [0.15, 0.2) is 9.84 Å². The minimum absolute atomic E-state index is 0.00431. The maximum absolute atomic E-state index is 13.0. The standard InChI is InChI=1S/C21H31N3O4S/c1-15(22-2)20(25)23-19-11-10-17-8-9-18(24(17)21(19)26)14-29(27,28)13-12-16-6-4-3-5-7-16/h3-7,15,17-19,22H,8-14H2,1-2H3,(H,23,25)/t15?,17-,18+,19+/m1/s1. The molecule has 0 saturated carbocycles. The van der Waals surface area contributed by atoms with Gasteiger partial charge in [0.2, 0.25) is 11.8 Å². The first kappa shape index (κ1) is 21.8. The number of hydrogen-bond donors (Lipinski definition) is 2. The van der Waals surface area contributed by atoms with Crippen molar-refractivity contribution in [2.45, 2.75) is 63.2 Å². The van der Waals surface area contributed by atoms with Crippen LogP contribution in [0.25, 0.3) is 0 Å². The van der Waals surface area contributed by atoms with Crippen LogP contribution in [0.15, 0.2) is 30.3 Å². The molecule has 4 atom stereocenters. The van der Waals surface area contributed by atoms with Crippen molar-refractivity contribution in [2.75, 3.05) is 18.6 Å². The first-order valence-electron chi connectivity index (χ1n) is 10.3. The summed E-state index contributed by atoms with van der Waals surface area (Å²) in [5, 5.41) is 5.69. The topological polar surface area (TPSA) is 95.6 Å². The third-order valence-electron chi connectivity index (χ3n) is 6.09. The molecule has 3 rings (SSSR count). The summed E-state index contributed by atoms with van der Waals surface area (Å²) >= 11 is 0. The largest absolute Gasteiger partial charge is 0.343 e. The molecule has 0 aliphatic carbocycles. The Morgan fingerprint density at radius 2 is 1.86 bits per heavy atom. The molecule has 2 aliphatic heterocycles. The molecule has 1 unspecified atom stereocenters. The van der Waals surface area contributed by atoms with E-state index in [4.69, 9.17) is 0 Å². The van der Waals surface area contributed by atoms with Crippen LogP contribution >= 0.6 is 0 Å². The Kier molecular flexibility index (Phi) is 6.95. The van der Waals surface area contributed by atoms with E-state index in [9.17, 15) is 18.0 Å². The summed E-state index contributed by atoms with van der Waals surface area (Å²) in [7, 11) is -1.59. The summed E-state index contributed by atoms with van der Waals surface area (Å²) in [4.78, 5) is 26.9. The Labute approximate surface area is 173 Å². The van der Waals surface area contributed by atoms with Crippen molar-refractivity contribution in [3.05, 3.63) is 35.9 Å². The highest BCUT2D eigenvalue weighted by Crippen LogP contribution is 2.33. The highest BCUT2D eigenvalue weighted by Gasteiger charge is 2.44. The molecule has 8 heteroatoms. The third kappa shape index (κ3) is 5.36. The zero-order valence-corrected chi connectivity index (χ0v) is 18.0. The van der Waals surface area contributed by atoms with Gasteiger partial charge in [0.1, 0.15) is 6.04 Å². The molecule has 0 aromatic heterocycles. The summed E-state index contributed by atoms with van der Waals surface area (Å²) < 4.78 is 25.4. The predicted molar refractivity (Wildman–Crippen MR) is 112 cm³/mol. The average Bonchev–Trinajstić information content (AvgIpc) is 3.11. The van der Waals surface area contributed by atoms with E-state index in [1.807, 2.05) is 30.3 Å². The zero-order chi connectivity index (χ0) is 21.0. The van der Waals surface area contributed by atoms with Crippen LogP contribution in [0.2, 0.25) is 0 Å². The molecule has 0 radical (unpaired) electrons. The van der Waals surface area contributed by atoms with Crippen molar-refractivity contribution < 1.29 is 18.0 Å². The van der Waals surface area contributed by atoms with Gasteiger partial charge in [0.05, 0.1) is 17.5 Å². The van der Waals surface area contributed by atoms with E-state index in [0.29, 0.717) is 19.3 Å². The Balaban J connectivity index is 1.62. The maximum atomic E-state index is 13.0. The van der Waals surface area contributed by atoms with Gasteiger partial charge < -0.3 is 15.5 Å². The summed E-state index contributed by atoms with van der Waals surface area (Å²) in [6.45, 7) is 1.74. The first-order valence-corrected chi connectivity index (χ1v) is 12.2. The molecule has 29 heavy (non-hydrogen) atoms. The molecule has 0 bridgehead atoms. The number of rotatable bonds is 8. The van der Waals surface area contributed by atoms with E-state index in [0.717, 1.165) is 18.4 Å². The summed E-state index contributed by atoms with van der Waals surface area (Å²) in [6.07, 6.45) is 3.42. The molecule has 2 fully saturated rings. The molecule has 2 heterocycles. The number of fused-ring (bicyclic) bond motifs is 1. The zero-order valence-electron chi connectivity index (χ0n) is 17.1. The molecule has 2 amide bonds. The van der Waals surface area contributed by atoms with Crippen LogP contribution in [0.5, 0.6) is 0 Å². The average molecular weight is 422 g/mol. The fraction of sp³-hybridized carbons (Fsp3) is 0.619. The maximum Gasteiger partial charge on any atom is 0.245 e. The Morgan fingerprint density at radius 1 is 1.17 bits per heavy atom. The second kappa shape index (κ2) is 9.26. The molecular weight excluding hydrogens is 390 g/mol. The second-order valence-corrected chi connectivity index (χ2v) is 10.4. The third-order valence-corrected chi connectivity index (χ3v) is 7.81. The SMILES string of the molecule is CNC(C)C(=O)N[C@H]1CC[C@H]2CC[C@@H](CS(=O)(=O)CCc3ccccc3)N2C1=O. The highest BCUT2D eigenvalue weighted by molar-refractivity contribution is 7.91. The number of carbonyl (C=O) groups excluding carboxylic acids is 2. The fourth-order valence-electron chi connectivity index (χ4n) is 4.29.